The highest BCUT2D eigenvalue weighted by Crippen LogP contribution is 2.30. The Morgan fingerprint density at radius 2 is 1.93 bits per heavy atom. The minimum Gasteiger partial charge on any atom is -0.493 e. The maximum absolute atomic E-state index is 12.4. The number of H-pyrrole nitrogens is 1. The van der Waals surface area contributed by atoms with Crippen molar-refractivity contribution in [1.29, 1.82) is 0 Å². The lowest BCUT2D eigenvalue weighted by Gasteiger charge is -2.14. The lowest BCUT2D eigenvalue weighted by Crippen LogP contribution is -2.35. The number of aromatic amines is 1. The van der Waals surface area contributed by atoms with Gasteiger partial charge in [-0.15, -0.1) is 0 Å². The van der Waals surface area contributed by atoms with Crippen LogP contribution in [0.4, 0.5) is 0 Å². The number of aryl methyl sites for hydroxylation is 3. The monoisotopic (exact) mass is 376 g/mol. The molecule has 1 heterocycles. The molecule has 4 rings (SSSR count). The molecule has 1 atom stereocenters. The molecule has 0 saturated heterocycles. The molecule has 0 saturated carbocycles. The van der Waals surface area contributed by atoms with Crippen LogP contribution in [0.25, 0.3) is 10.9 Å². The van der Waals surface area contributed by atoms with E-state index in [4.69, 9.17) is 4.74 Å². The minimum atomic E-state index is 0.112. The molecule has 1 unspecified atom stereocenters. The number of carbonyl (C=O) groups excluding carboxylic acids is 1. The van der Waals surface area contributed by atoms with Crippen LogP contribution >= 0.6 is 0 Å². The number of nitrogens with one attached hydrogen (secondary N) is 2. The van der Waals surface area contributed by atoms with E-state index in [1.165, 1.54) is 27.7 Å². The van der Waals surface area contributed by atoms with E-state index in [1.807, 2.05) is 6.07 Å². The SMILES string of the molecule is Cc1ccc2[nH]c3c(c2c1)CC(NC(=O)CCCOc1c(C)cccc1C)C3. The molecule has 1 amide bonds. The molecular formula is C24H28N2O2. The molecule has 4 heteroatoms. The Morgan fingerprint density at radius 1 is 1.14 bits per heavy atom. The summed E-state index contributed by atoms with van der Waals surface area (Å²) in [5.41, 5.74) is 7.37. The van der Waals surface area contributed by atoms with Gasteiger partial charge in [0.1, 0.15) is 5.75 Å². The predicted molar refractivity (Wildman–Crippen MR) is 113 cm³/mol. The largest absolute Gasteiger partial charge is 0.493 e. The summed E-state index contributed by atoms with van der Waals surface area (Å²) in [7, 11) is 0. The zero-order valence-electron chi connectivity index (χ0n) is 16.9. The predicted octanol–water partition coefficient (Wildman–Crippen LogP) is 4.54. The van der Waals surface area contributed by atoms with Gasteiger partial charge in [-0.25, -0.2) is 0 Å². The molecule has 0 fully saturated rings. The first kappa shape index (κ1) is 18.6. The van der Waals surface area contributed by atoms with Gasteiger partial charge in [-0.2, -0.15) is 0 Å². The van der Waals surface area contributed by atoms with Gasteiger partial charge >= 0.3 is 0 Å². The van der Waals surface area contributed by atoms with Crippen molar-refractivity contribution < 1.29 is 9.53 Å². The molecule has 1 aliphatic carbocycles. The molecule has 0 aliphatic heterocycles. The average Bonchev–Trinajstić information content (AvgIpc) is 3.18. The van der Waals surface area contributed by atoms with Crippen LogP contribution in [0.2, 0.25) is 0 Å². The van der Waals surface area contributed by atoms with Gasteiger partial charge in [0.05, 0.1) is 6.61 Å². The Hall–Kier alpha value is -2.75. The minimum absolute atomic E-state index is 0.112. The zero-order valence-corrected chi connectivity index (χ0v) is 16.9. The first-order chi connectivity index (χ1) is 13.5. The lowest BCUT2D eigenvalue weighted by molar-refractivity contribution is -0.121. The van der Waals surface area contributed by atoms with E-state index < -0.39 is 0 Å². The molecule has 0 radical (unpaired) electrons. The van der Waals surface area contributed by atoms with Gasteiger partial charge in [0.15, 0.2) is 0 Å². The van der Waals surface area contributed by atoms with Crippen LogP contribution in [0.1, 0.15) is 40.8 Å². The van der Waals surface area contributed by atoms with Gasteiger partial charge in [0, 0.05) is 35.5 Å². The first-order valence-corrected chi connectivity index (χ1v) is 10.1. The lowest BCUT2D eigenvalue weighted by atomic mass is 10.1. The summed E-state index contributed by atoms with van der Waals surface area (Å²) in [5.74, 6) is 1.06. The van der Waals surface area contributed by atoms with Crippen molar-refractivity contribution in [2.45, 2.75) is 52.5 Å². The number of hydrogen-bond donors (Lipinski definition) is 2. The Kier molecular flexibility index (Phi) is 5.12. The van der Waals surface area contributed by atoms with Crippen molar-refractivity contribution >= 4 is 16.8 Å². The number of aromatic nitrogens is 1. The molecule has 1 aliphatic rings. The number of benzene rings is 2. The van der Waals surface area contributed by atoms with E-state index in [0.717, 1.165) is 36.1 Å². The fourth-order valence-corrected chi connectivity index (χ4v) is 4.23. The topological polar surface area (TPSA) is 54.1 Å². The number of ether oxygens (including phenoxy) is 1. The normalized spacial score (nSPS) is 15.6. The van der Waals surface area contributed by atoms with Crippen molar-refractivity contribution in [2.75, 3.05) is 6.61 Å². The van der Waals surface area contributed by atoms with Gasteiger partial charge in [0.25, 0.3) is 0 Å². The van der Waals surface area contributed by atoms with E-state index in [-0.39, 0.29) is 11.9 Å². The number of amides is 1. The van der Waals surface area contributed by atoms with Gasteiger partial charge in [-0.3, -0.25) is 4.79 Å². The van der Waals surface area contributed by atoms with E-state index in [0.29, 0.717) is 13.0 Å². The van der Waals surface area contributed by atoms with Gasteiger partial charge in [-0.1, -0.05) is 29.8 Å². The number of hydrogen-bond acceptors (Lipinski definition) is 2. The third kappa shape index (κ3) is 3.77. The van der Waals surface area contributed by atoms with Gasteiger partial charge < -0.3 is 15.0 Å². The van der Waals surface area contributed by atoms with Crippen LogP contribution in [0.3, 0.4) is 0 Å². The smallest absolute Gasteiger partial charge is 0.220 e. The van der Waals surface area contributed by atoms with Crippen molar-refractivity contribution in [3.63, 3.8) is 0 Å². The van der Waals surface area contributed by atoms with Crippen LogP contribution < -0.4 is 10.1 Å². The average molecular weight is 377 g/mol. The molecule has 28 heavy (non-hydrogen) atoms. The number of para-hydroxylation sites is 1. The standard InChI is InChI=1S/C24H28N2O2/c1-15-9-10-21-19(12-15)20-13-18(14-22(20)26-21)25-23(27)8-5-11-28-24-16(2)6-4-7-17(24)3/h4,6-7,9-10,12,18,26H,5,8,11,13-14H2,1-3H3,(H,25,27). The van der Waals surface area contributed by atoms with Crippen LogP contribution in [0, 0.1) is 20.8 Å². The van der Waals surface area contributed by atoms with Gasteiger partial charge in [-0.05, 0) is 62.4 Å². The second-order valence-corrected chi connectivity index (χ2v) is 7.98. The molecular weight excluding hydrogens is 348 g/mol. The molecule has 2 N–H and O–H groups in total. The molecule has 2 aromatic carbocycles. The van der Waals surface area contributed by atoms with Crippen molar-refractivity contribution in [1.82, 2.24) is 10.3 Å². The van der Waals surface area contributed by atoms with Crippen molar-refractivity contribution in [3.8, 4) is 5.75 Å². The second kappa shape index (κ2) is 7.70. The summed E-state index contributed by atoms with van der Waals surface area (Å²) < 4.78 is 5.90. The van der Waals surface area contributed by atoms with Crippen molar-refractivity contribution in [2.24, 2.45) is 0 Å². The van der Waals surface area contributed by atoms with Gasteiger partial charge in [0.2, 0.25) is 5.91 Å². The molecule has 4 nitrogen and oxygen atoms in total. The molecule has 3 aromatic rings. The summed E-state index contributed by atoms with van der Waals surface area (Å²) in [6.45, 7) is 6.78. The Morgan fingerprint density at radius 3 is 2.71 bits per heavy atom. The summed E-state index contributed by atoms with van der Waals surface area (Å²) in [6, 6.07) is 12.8. The molecule has 0 bridgehead atoms. The zero-order chi connectivity index (χ0) is 19.7. The van der Waals surface area contributed by atoms with E-state index >= 15 is 0 Å². The Bertz CT molecular complexity index is 999. The van der Waals surface area contributed by atoms with E-state index in [2.05, 4.69) is 61.4 Å². The second-order valence-electron chi connectivity index (χ2n) is 7.98. The van der Waals surface area contributed by atoms with Crippen molar-refractivity contribution in [3.05, 3.63) is 64.3 Å². The maximum Gasteiger partial charge on any atom is 0.220 e. The Balaban J connectivity index is 1.26. The van der Waals surface area contributed by atoms with Crippen LogP contribution in [-0.4, -0.2) is 23.5 Å². The quantitative estimate of drug-likeness (QED) is 0.621. The highest BCUT2D eigenvalue weighted by molar-refractivity contribution is 5.86. The fourth-order valence-electron chi connectivity index (χ4n) is 4.23. The van der Waals surface area contributed by atoms with E-state index in [9.17, 15) is 4.79 Å². The highest BCUT2D eigenvalue weighted by atomic mass is 16.5. The number of rotatable bonds is 6. The van der Waals surface area contributed by atoms with Crippen LogP contribution in [0.15, 0.2) is 36.4 Å². The molecule has 1 aromatic heterocycles. The maximum atomic E-state index is 12.4. The fraction of sp³-hybridized carbons (Fsp3) is 0.375. The number of carbonyl (C=O) groups is 1. The highest BCUT2D eigenvalue weighted by Gasteiger charge is 2.26. The summed E-state index contributed by atoms with van der Waals surface area (Å²) in [5, 5.41) is 4.50. The van der Waals surface area contributed by atoms with E-state index in [1.54, 1.807) is 0 Å². The summed E-state index contributed by atoms with van der Waals surface area (Å²) in [4.78, 5) is 15.9. The van der Waals surface area contributed by atoms with Crippen LogP contribution in [0.5, 0.6) is 5.75 Å². The molecule has 0 spiro atoms. The third-order valence-corrected chi connectivity index (χ3v) is 5.62. The third-order valence-electron chi connectivity index (χ3n) is 5.62. The molecule has 146 valence electrons. The first-order valence-electron chi connectivity index (χ1n) is 10.1. The van der Waals surface area contributed by atoms with Crippen LogP contribution in [-0.2, 0) is 17.6 Å². The summed E-state index contributed by atoms with van der Waals surface area (Å²) >= 11 is 0. The summed E-state index contributed by atoms with van der Waals surface area (Å²) in [6.07, 6.45) is 3.01. The number of fused-ring (bicyclic) bond motifs is 3. The Labute approximate surface area is 166 Å².